The predicted octanol–water partition coefficient (Wildman–Crippen LogP) is 0.936. The molecular formula is C15H21N3O2. The molecular weight excluding hydrogens is 254 g/mol. The number of nitrogens with two attached hydrogens (primary N) is 1. The summed E-state index contributed by atoms with van der Waals surface area (Å²) >= 11 is 0. The Morgan fingerprint density at radius 3 is 2.90 bits per heavy atom. The van der Waals surface area contributed by atoms with E-state index in [2.05, 4.69) is 4.98 Å². The Kier molecular flexibility index (Phi) is 3.48. The third-order valence-corrected chi connectivity index (χ3v) is 4.31. The van der Waals surface area contributed by atoms with Crippen LogP contribution in [0, 0.1) is 5.41 Å². The second-order valence-corrected chi connectivity index (χ2v) is 6.02. The van der Waals surface area contributed by atoms with Crippen LogP contribution in [0.2, 0.25) is 0 Å². The van der Waals surface area contributed by atoms with Crippen molar-refractivity contribution in [2.75, 3.05) is 13.2 Å². The van der Waals surface area contributed by atoms with Crippen LogP contribution in [0.15, 0.2) is 24.4 Å². The van der Waals surface area contributed by atoms with Crippen molar-refractivity contribution < 1.29 is 9.53 Å². The number of aromatic nitrogens is 1. The maximum absolute atomic E-state index is 12.9. The van der Waals surface area contributed by atoms with Gasteiger partial charge in [-0.25, -0.2) is 0 Å². The van der Waals surface area contributed by atoms with Crippen LogP contribution in [0.1, 0.15) is 25.5 Å². The van der Waals surface area contributed by atoms with Crippen LogP contribution in [0.25, 0.3) is 0 Å². The first-order chi connectivity index (χ1) is 9.61. The third-order valence-electron chi connectivity index (χ3n) is 4.31. The molecule has 0 radical (unpaired) electrons. The second kappa shape index (κ2) is 5.14. The summed E-state index contributed by atoms with van der Waals surface area (Å²) in [5, 5.41) is 0. The molecule has 0 bridgehead atoms. The monoisotopic (exact) mass is 275 g/mol. The highest BCUT2D eigenvalue weighted by Gasteiger charge is 2.49. The summed E-state index contributed by atoms with van der Waals surface area (Å²) in [5.74, 6) is 0.107. The number of rotatable bonds is 4. The standard InChI is InChI=1S/C15H21N3O2/c1-15(10-20-9-13(15)16)14(19)18(12-5-6-12)8-11-4-2-3-7-17-11/h2-4,7,12-13H,5-6,8-10,16H2,1H3. The molecule has 1 aromatic heterocycles. The van der Waals surface area contributed by atoms with Crippen molar-refractivity contribution in [1.82, 2.24) is 9.88 Å². The Labute approximate surface area is 119 Å². The molecule has 1 aliphatic carbocycles. The van der Waals surface area contributed by atoms with Gasteiger partial charge in [0.2, 0.25) is 5.91 Å². The Hall–Kier alpha value is -1.46. The molecule has 2 atom stereocenters. The van der Waals surface area contributed by atoms with Crippen molar-refractivity contribution in [3.8, 4) is 0 Å². The molecule has 0 aromatic carbocycles. The van der Waals surface area contributed by atoms with Gasteiger partial charge in [0.1, 0.15) is 0 Å². The largest absolute Gasteiger partial charge is 0.379 e. The zero-order chi connectivity index (χ0) is 14.2. The van der Waals surface area contributed by atoms with Crippen molar-refractivity contribution in [1.29, 1.82) is 0 Å². The van der Waals surface area contributed by atoms with Crippen molar-refractivity contribution in [2.24, 2.45) is 11.1 Å². The summed E-state index contributed by atoms with van der Waals surface area (Å²) < 4.78 is 5.41. The molecule has 2 heterocycles. The van der Waals surface area contributed by atoms with Gasteiger partial charge in [-0.2, -0.15) is 0 Å². The molecule has 2 fully saturated rings. The number of carbonyl (C=O) groups is 1. The van der Waals surface area contributed by atoms with E-state index in [1.54, 1.807) is 6.20 Å². The first-order valence-corrected chi connectivity index (χ1v) is 7.15. The molecule has 5 heteroatoms. The maximum atomic E-state index is 12.9. The van der Waals surface area contributed by atoms with E-state index in [0.717, 1.165) is 18.5 Å². The van der Waals surface area contributed by atoms with Gasteiger partial charge >= 0.3 is 0 Å². The fourth-order valence-corrected chi connectivity index (χ4v) is 2.66. The van der Waals surface area contributed by atoms with Crippen LogP contribution in [0.5, 0.6) is 0 Å². The van der Waals surface area contributed by atoms with Gasteiger partial charge in [-0.1, -0.05) is 6.07 Å². The number of pyridine rings is 1. The Morgan fingerprint density at radius 2 is 2.35 bits per heavy atom. The summed E-state index contributed by atoms with van der Waals surface area (Å²) in [6, 6.07) is 5.91. The maximum Gasteiger partial charge on any atom is 0.233 e. The highest BCUT2D eigenvalue weighted by atomic mass is 16.5. The zero-order valence-electron chi connectivity index (χ0n) is 11.8. The Morgan fingerprint density at radius 1 is 1.55 bits per heavy atom. The zero-order valence-corrected chi connectivity index (χ0v) is 11.8. The highest BCUT2D eigenvalue weighted by molar-refractivity contribution is 5.84. The molecule has 2 aliphatic rings. The lowest BCUT2D eigenvalue weighted by atomic mass is 9.84. The van der Waals surface area contributed by atoms with Crippen molar-refractivity contribution in [3.63, 3.8) is 0 Å². The number of carbonyl (C=O) groups excluding carboxylic acids is 1. The lowest BCUT2D eigenvalue weighted by Gasteiger charge is -2.33. The number of hydrogen-bond acceptors (Lipinski definition) is 4. The Bertz CT molecular complexity index is 489. The fourth-order valence-electron chi connectivity index (χ4n) is 2.66. The lowest BCUT2D eigenvalue weighted by molar-refractivity contribution is -0.143. The lowest BCUT2D eigenvalue weighted by Crippen LogP contribution is -2.52. The molecule has 1 amide bonds. The molecule has 20 heavy (non-hydrogen) atoms. The Balaban J connectivity index is 1.79. The molecule has 1 aliphatic heterocycles. The average Bonchev–Trinajstić information content (AvgIpc) is 3.24. The van der Waals surface area contributed by atoms with Gasteiger partial charge in [-0.3, -0.25) is 9.78 Å². The molecule has 1 saturated carbocycles. The molecule has 2 N–H and O–H groups in total. The van der Waals surface area contributed by atoms with Gasteiger partial charge in [0.05, 0.1) is 30.9 Å². The van der Waals surface area contributed by atoms with Crippen LogP contribution in [-0.4, -0.2) is 41.1 Å². The van der Waals surface area contributed by atoms with Crippen LogP contribution >= 0.6 is 0 Å². The minimum atomic E-state index is -0.600. The number of ether oxygens (including phenoxy) is 1. The van der Waals surface area contributed by atoms with E-state index in [4.69, 9.17) is 10.5 Å². The van der Waals surface area contributed by atoms with Gasteiger partial charge in [0.25, 0.3) is 0 Å². The van der Waals surface area contributed by atoms with E-state index in [0.29, 0.717) is 25.8 Å². The van der Waals surface area contributed by atoms with E-state index in [9.17, 15) is 4.79 Å². The predicted molar refractivity (Wildman–Crippen MR) is 74.7 cm³/mol. The van der Waals surface area contributed by atoms with Crippen molar-refractivity contribution in [3.05, 3.63) is 30.1 Å². The third kappa shape index (κ3) is 2.43. The van der Waals surface area contributed by atoms with Crippen molar-refractivity contribution >= 4 is 5.91 Å². The smallest absolute Gasteiger partial charge is 0.233 e. The normalized spacial score (nSPS) is 29.4. The summed E-state index contributed by atoms with van der Waals surface area (Å²) in [6.07, 6.45) is 3.91. The van der Waals surface area contributed by atoms with Gasteiger partial charge in [0, 0.05) is 18.3 Å². The van der Waals surface area contributed by atoms with Crippen LogP contribution in [-0.2, 0) is 16.1 Å². The van der Waals surface area contributed by atoms with Crippen LogP contribution < -0.4 is 5.73 Å². The minimum Gasteiger partial charge on any atom is -0.379 e. The molecule has 5 nitrogen and oxygen atoms in total. The summed E-state index contributed by atoms with van der Waals surface area (Å²) in [7, 11) is 0. The first kappa shape index (κ1) is 13.5. The SMILES string of the molecule is CC1(C(=O)N(Cc2ccccn2)C2CC2)COCC1N. The summed E-state index contributed by atoms with van der Waals surface area (Å²) in [6.45, 7) is 3.36. The van der Waals surface area contributed by atoms with Gasteiger partial charge in [-0.15, -0.1) is 0 Å². The molecule has 0 spiro atoms. The van der Waals surface area contributed by atoms with Gasteiger partial charge < -0.3 is 15.4 Å². The first-order valence-electron chi connectivity index (χ1n) is 7.15. The van der Waals surface area contributed by atoms with Crippen LogP contribution in [0.3, 0.4) is 0 Å². The molecule has 108 valence electrons. The second-order valence-electron chi connectivity index (χ2n) is 6.02. The van der Waals surface area contributed by atoms with E-state index in [1.165, 1.54) is 0 Å². The summed E-state index contributed by atoms with van der Waals surface area (Å²) in [5.41, 5.74) is 6.40. The number of nitrogens with zero attached hydrogens (tertiary/aromatic N) is 2. The number of amides is 1. The van der Waals surface area contributed by atoms with Gasteiger partial charge in [-0.05, 0) is 31.9 Å². The van der Waals surface area contributed by atoms with E-state index in [1.807, 2.05) is 30.0 Å². The molecule has 1 saturated heterocycles. The fraction of sp³-hybridized carbons (Fsp3) is 0.600. The highest BCUT2D eigenvalue weighted by Crippen LogP contribution is 2.36. The minimum absolute atomic E-state index is 0.107. The average molecular weight is 275 g/mol. The molecule has 1 aromatic rings. The quantitative estimate of drug-likeness (QED) is 0.888. The van der Waals surface area contributed by atoms with E-state index < -0.39 is 5.41 Å². The number of hydrogen-bond donors (Lipinski definition) is 1. The van der Waals surface area contributed by atoms with Crippen molar-refractivity contribution in [2.45, 2.75) is 38.4 Å². The molecule has 2 unspecified atom stereocenters. The van der Waals surface area contributed by atoms with Gasteiger partial charge in [0.15, 0.2) is 0 Å². The van der Waals surface area contributed by atoms with E-state index >= 15 is 0 Å². The van der Waals surface area contributed by atoms with Crippen LogP contribution in [0.4, 0.5) is 0 Å². The van der Waals surface area contributed by atoms with E-state index in [-0.39, 0.29) is 11.9 Å². The topological polar surface area (TPSA) is 68.5 Å². The molecule has 3 rings (SSSR count). The summed E-state index contributed by atoms with van der Waals surface area (Å²) in [4.78, 5) is 19.2.